The minimum Gasteiger partial charge on any atom is -0.489 e. The van der Waals surface area contributed by atoms with Gasteiger partial charge in [0.05, 0.1) is 6.61 Å². The molecule has 0 aliphatic carbocycles. The lowest BCUT2D eigenvalue weighted by Gasteiger charge is -2.12. The molecular weight excluding hydrogens is 379 g/mol. The van der Waals surface area contributed by atoms with Crippen molar-refractivity contribution in [1.82, 2.24) is 0 Å². The smallest absolute Gasteiger partial charge is 0.341 e. The van der Waals surface area contributed by atoms with Crippen LogP contribution in [0.3, 0.4) is 0 Å². The Kier molecular flexibility index (Phi) is 7.23. The minimum absolute atomic E-state index is 0.00304. The molecule has 0 amide bonds. The van der Waals surface area contributed by atoms with Gasteiger partial charge in [-0.3, -0.25) is 0 Å². The topological polar surface area (TPSA) is 35.5 Å². The van der Waals surface area contributed by atoms with Crippen molar-refractivity contribution >= 4 is 5.97 Å². The lowest BCUT2D eigenvalue weighted by Crippen LogP contribution is -2.21. The summed E-state index contributed by atoms with van der Waals surface area (Å²) in [7, 11) is 0. The molecule has 3 nitrogen and oxygen atoms in total. The second-order valence-electron chi connectivity index (χ2n) is 7.32. The predicted molar refractivity (Wildman–Crippen MR) is 117 cm³/mol. The molecule has 0 N–H and O–H groups in total. The first-order valence-corrected chi connectivity index (χ1v) is 10.2. The summed E-state index contributed by atoms with van der Waals surface area (Å²) in [4.78, 5) is 11.4. The standard InChI is InChI=1S/C26H27FO3/c1-4-29-26(28)24(27)16-20-11-13-23(14-12-20)30-17-21-9-6-10-22(15-21)25-18(2)7-5-8-19(25)3/h5-15,24H,4,16-17H2,1-3H3. The van der Waals surface area contributed by atoms with Gasteiger partial charge in [0.1, 0.15) is 12.4 Å². The number of hydrogen-bond donors (Lipinski definition) is 0. The fourth-order valence-corrected chi connectivity index (χ4v) is 3.50. The summed E-state index contributed by atoms with van der Waals surface area (Å²) in [6.07, 6.45) is -1.65. The van der Waals surface area contributed by atoms with Gasteiger partial charge < -0.3 is 9.47 Å². The van der Waals surface area contributed by atoms with Gasteiger partial charge in [-0.2, -0.15) is 0 Å². The van der Waals surface area contributed by atoms with Crippen LogP contribution in [0.15, 0.2) is 66.7 Å². The maximum atomic E-state index is 13.9. The zero-order valence-corrected chi connectivity index (χ0v) is 17.7. The van der Waals surface area contributed by atoms with E-state index in [1.165, 1.54) is 22.3 Å². The Balaban J connectivity index is 1.63. The van der Waals surface area contributed by atoms with E-state index in [-0.39, 0.29) is 13.0 Å². The lowest BCUT2D eigenvalue weighted by atomic mass is 9.95. The number of ether oxygens (including phenoxy) is 2. The van der Waals surface area contributed by atoms with Crippen molar-refractivity contribution < 1.29 is 18.7 Å². The van der Waals surface area contributed by atoms with Crippen molar-refractivity contribution in [3.8, 4) is 16.9 Å². The Bertz CT molecular complexity index is 975. The van der Waals surface area contributed by atoms with Crippen molar-refractivity contribution in [3.05, 3.63) is 89.0 Å². The van der Waals surface area contributed by atoms with E-state index in [4.69, 9.17) is 9.47 Å². The maximum absolute atomic E-state index is 13.9. The molecule has 0 aromatic heterocycles. The second kappa shape index (κ2) is 10.1. The molecule has 3 rings (SSSR count). The predicted octanol–water partition coefficient (Wildman–Crippen LogP) is 5.99. The minimum atomic E-state index is -1.65. The van der Waals surface area contributed by atoms with E-state index in [1.54, 1.807) is 31.2 Å². The van der Waals surface area contributed by atoms with Crippen LogP contribution in [0.1, 0.15) is 29.2 Å². The number of aryl methyl sites for hydroxylation is 2. The largest absolute Gasteiger partial charge is 0.489 e. The SMILES string of the molecule is CCOC(=O)C(F)Cc1ccc(OCc2cccc(-c3c(C)cccc3C)c2)cc1. The number of hydrogen-bond acceptors (Lipinski definition) is 3. The highest BCUT2D eigenvalue weighted by molar-refractivity contribution is 5.75. The first kappa shape index (κ1) is 21.6. The van der Waals surface area contributed by atoms with Gasteiger partial charge in [-0.1, -0.05) is 48.5 Å². The molecule has 0 aliphatic rings. The molecule has 30 heavy (non-hydrogen) atoms. The van der Waals surface area contributed by atoms with Gasteiger partial charge >= 0.3 is 5.97 Å². The number of carbonyl (C=O) groups is 1. The van der Waals surface area contributed by atoms with Crippen molar-refractivity contribution in [3.63, 3.8) is 0 Å². The van der Waals surface area contributed by atoms with Gasteiger partial charge in [0.25, 0.3) is 0 Å². The first-order valence-electron chi connectivity index (χ1n) is 10.2. The van der Waals surface area contributed by atoms with Gasteiger partial charge in [0, 0.05) is 6.42 Å². The molecule has 1 atom stereocenters. The lowest BCUT2D eigenvalue weighted by molar-refractivity contribution is -0.149. The molecule has 0 saturated carbocycles. The zero-order valence-electron chi connectivity index (χ0n) is 17.7. The van der Waals surface area contributed by atoms with Gasteiger partial charge in [-0.25, -0.2) is 9.18 Å². The van der Waals surface area contributed by atoms with Crippen LogP contribution in [0.2, 0.25) is 0 Å². The van der Waals surface area contributed by atoms with Crippen LogP contribution < -0.4 is 4.74 Å². The maximum Gasteiger partial charge on any atom is 0.341 e. The van der Waals surface area contributed by atoms with Gasteiger partial charge in [0.2, 0.25) is 6.17 Å². The Morgan fingerprint density at radius 2 is 1.60 bits per heavy atom. The van der Waals surface area contributed by atoms with Crippen molar-refractivity contribution in [1.29, 1.82) is 0 Å². The molecule has 0 fully saturated rings. The van der Waals surface area contributed by atoms with Crippen LogP contribution >= 0.6 is 0 Å². The summed E-state index contributed by atoms with van der Waals surface area (Å²) in [5.41, 5.74) is 6.72. The monoisotopic (exact) mass is 406 g/mol. The molecule has 156 valence electrons. The Hall–Kier alpha value is -3.14. The molecule has 4 heteroatoms. The van der Waals surface area contributed by atoms with Crippen LogP contribution in [-0.4, -0.2) is 18.7 Å². The molecule has 0 radical (unpaired) electrons. The quantitative estimate of drug-likeness (QED) is 0.431. The summed E-state index contributed by atoms with van der Waals surface area (Å²) in [6, 6.07) is 21.8. The number of benzene rings is 3. The fourth-order valence-electron chi connectivity index (χ4n) is 3.50. The number of esters is 1. The summed E-state index contributed by atoms with van der Waals surface area (Å²) >= 11 is 0. The average Bonchev–Trinajstić information content (AvgIpc) is 2.73. The highest BCUT2D eigenvalue weighted by Crippen LogP contribution is 2.28. The Morgan fingerprint density at radius 3 is 2.27 bits per heavy atom. The summed E-state index contributed by atoms with van der Waals surface area (Å²) in [5.74, 6) is -0.121. The van der Waals surface area contributed by atoms with Gasteiger partial charge in [-0.05, 0) is 72.4 Å². The Labute approximate surface area is 177 Å². The van der Waals surface area contributed by atoms with E-state index in [0.717, 1.165) is 11.1 Å². The second-order valence-corrected chi connectivity index (χ2v) is 7.32. The first-order chi connectivity index (χ1) is 14.5. The fraction of sp³-hybridized carbons (Fsp3) is 0.269. The molecule has 3 aromatic rings. The third-order valence-corrected chi connectivity index (χ3v) is 4.98. The van der Waals surface area contributed by atoms with E-state index in [9.17, 15) is 9.18 Å². The summed E-state index contributed by atoms with van der Waals surface area (Å²) < 4.78 is 24.5. The molecule has 3 aromatic carbocycles. The van der Waals surface area contributed by atoms with Crippen LogP contribution in [0.4, 0.5) is 4.39 Å². The van der Waals surface area contributed by atoms with Crippen LogP contribution in [-0.2, 0) is 22.6 Å². The van der Waals surface area contributed by atoms with E-state index in [1.807, 2.05) is 12.1 Å². The average molecular weight is 406 g/mol. The molecule has 1 unspecified atom stereocenters. The molecule has 0 aliphatic heterocycles. The molecule has 0 spiro atoms. The van der Waals surface area contributed by atoms with Gasteiger partial charge in [-0.15, -0.1) is 0 Å². The van der Waals surface area contributed by atoms with E-state index in [2.05, 4.69) is 44.2 Å². The highest BCUT2D eigenvalue weighted by Gasteiger charge is 2.18. The molecule has 0 bridgehead atoms. The molecule has 0 heterocycles. The molecule has 0 saturated heterocycles. The number of rotatable bonds is 8. The summed E-state index contributed by atoms with van der Waals surface area (Å²) in [6.45, 7) is 6.52. The van der Waals surface area contributed by atoms with Crippen LogP contribution in [0.5, 0.6) is 5.75 Å². The number of halogens is 1. The van der Waals surface area contributed by atoms with Crippen molar-refractivity contribution in [2.75, 3.05) is 6.61 Å². The van der Waals surface area contributed by atoms with E-state index >= 15 is 0 Å². The van der Waals surface area contributed by atoms with E-state index < -0.39 is 12.1 Å². The van der Waals surface area contributed by atoms with Crippen molar-refractivity contribution in [2.24, 2.45) is 0 Å². The van der Waals surface area contributed by atoms with Crippen LogP contribution in [0.25, 0.3) is 11.1 Å². The van der Waals surface area contributed by atoms with Gasteiger partial charge in [0.15, 0.2) is 0 Å². The summed E-state index contributed by atoms with van der Waals surface area (Å²) in [5, 5.41) is 0. The highest BCUT2D eigenvalue weighted by atomic mass is 19.1. The van der Waals surface area contributed by atoms with Crippen LogP contribution in [0, 0.1) is 13.8 Å². The third-order valence-electron chi connectivity index (χ3n) is 4.98. The molecular formula is C26H27FO3. The normalized spacial score (nSPS) is 11.7. The Morgan fingerprint density at radius 1 is 0.933 bits per heavy atom. The number of carbonyl (C=O) groups excluding carboxylic acids is 1. The zero-order chi connectivity index (χ0) is 21.5. The number of alkyl halides is 1. The third kappa shape index (κ3) is 5.47. The van der Waals surface area contributed by atoms with E-state index in [0.29, 0.717) is 12.4 Å². The van der Waals surface area contributed by atoms with Crippen molar-refractivity contribution in [2.45, 2.75) is 40.0 Å².